The minimum Gasteiger partial charge on any atom is -0.0990 e. The zero-order valence-electron chi connectivity index (χ0n) is 4.95. The predicted molar refractivity (Wildman–Crippen MR) is 38.9 cm³/mol. The average Bonchev–Trinajstić information content (AvgIpc) is 1.67. The summed E-state index contributed by atoms with van der Waals surface area (Å²) in [7, 11) is 0. The third kappa shape index (κ3) is 2.64. The minimum atomic E-state index is 0.667. The molecular formula is C7H9Cl. The SMILES string of the molecule is C=C/C=C(/Cl)C(=C)C. The lowest BCUT2D eigenvalue weighted by atomic mass is 10.3. The van der Waals surface area contributed by atoms with Gasteiger partial charge in [0.1, 0.15) is 0 Å². The fraction of sp³-hybridized carbons (Fsp3) is 0.143. The molecule has 0 aromatic rings. The highest BCUT2D eigenvalue weighted by Gasteiger charge is 1.85. The molecule has 0 aliphatic carbocycles. The second-order valence-corrected chi connectivity index (χ2v) is 1.94. The number of allylic oxidation sites excluding steroid dienone is 4. The van der Waals surface area contributed by atoms with Crippen LogP contribution in [0.25, 0.3) is 0 Å². The third-order valence-electron chi connectivity index (χ3n) is 0.672. The summed E-state index contributed by atoms with van der Waals surface area (Å²) in [5.41, 5.74) is 0.867. The molecule has 0 radical (unpaired) electrons. The number of hydrogen-bond acceptors (Lipinski definition) is 0. The quantitative estimate of drug-likeness (QED) is 0.502. The van der Waals surface area contributed by atoms with E-state index >= 15 is 0 Å². The molecule has 0 fully saturated rings. The zero-order chi connectivity index (χ0) is 6.57. The van der Waals surface area contributed by atoms with Crippen molar-refractivity contribution in [2.24, 2.45) is 0 Å². The van der Waals surface area contributed by atoms with Gasteiger partial charge in [0.2, 0.25) is 0 Å². The summed E-state index contributed by atoms with van der Waals surface area (Å²) in [6.07, 6.45) is 3.35. The van der Waals surface area contributed by atoms with E-state index in [2.05, 4.69) is 13.2 Å². The summed E-state index contributed by atoms with van der Waals surface area (Å²) in [4.78, 5) is 0. The summed E-state index contributed by atoms with van der Waals surface area (Å²) in [5, 5.41) is 0.667. The molecule has 0 amide bonds. The maximum atomic E-state index is 5.61. The van der Waals surface area contributed by atoms with Crippen molar-refractivity contribution in [1.82, 2.24) is 0 Å². The number of rotatable bonds is 2. The summed E-state index contributed by atoms with van der Waals surface area (Å²) in [6, 6.07) is 0. The molecule has 0 aliphatic heterocycles. The van der Waals surface area contributed by atoms with E-state index < -0.39 is 0 Å². The van der Waals surface area contributed by atoms with Gasteiger partial charge in [0.15, 0.2) is 0 Å². The van der Waals surface area contributed by atoms with Crippen LogP contribution in [0.1, 0.15) is 6.92 Å². The van der Waals surface area contributed by atoms with Crippen molar-refractivity contribution >= 4 is 11.6 Å². The molecular weight excluding hydrogens is 120 g/mol. The number of halogens is 1. The van der Waals surface area contributed by atoms with Crippen LogP contribution in [0.4, 0.5) is 0 Å². The molecule has 1 heteroatoms. The number of hydrogen-bond donors (Lipinski definition) is 0. The van der Waals surface area contributed by atoms with Gasteiger partial charge in [-0.1, -0.05) is 30.8 Å². The molecule has 0 unspecified atom stereocenters. The molecule has 0 rings (SSSR count). The predicted octanol–water partition coefficient (Wildman–Crippen LogP) is 2.87. The molecule has 0 N–H and O–H groups in total. The van der Waals surface area contributed by atoms with Gasteiger partial charge in [-0.05, 0) is 18.6 Å². The van der Waals surface area contributed by atoms with Crippen LogP contribution in [-0.4, -0.2) is 0 Å². The molecule has 0 saturated heterocycles. The van der Waals surface area contributed by atoms with E-state index in [4.69, 9.17) is 11.6 Å². The zero-order valence-corrected chi connectivity index (χ0v) is 5.70. The first-order valence-electron chi connectivity index (χ1n) is 2.32. The van der Waals surface area contributed by atoms with Gasteiger partial charge in [-0.2, -0.15) is 0 Å². The van der Waals surface area contributed by atoms with Crippen molar-refractivity contribution in [3.05, 3.63) is 35.9 Å². The van der Waals surface area contributed by atoms with E-state index in [9.17, 15) is 0 Å². The van der Waals surface area contributed by atoms with E-state index in [1.54, 1.807) is 12.2 Å². The third-order valence-corrected chi connectivity index (χ3v) is 1.12. The lowest BCUT2D eigenvalue weighted by Gasteiger charge is -1.89. The Bertz CT molecular complexity index is 131. The Morgan fingerprint density at radius 3 is 2.25 bits per heavy atom. The molecule has 0 spiro atoms. The van der Waals surface area contributed by atoms with Gasteiger partial charge in [0, 0.05) is 5.03 Å². The first kappa shape index (κ1) is 7.51. The van der Waals surface area contributed by atoms with Gasteiger partial charge in [-0.3, -0.25) is 0 Å². The average molecular weight is 129 g/mol. The van der Waals surface area contributed by atoms with Crippen LogP contribution in [0, 0.1) is 0 Å². The Labute approximate surface area is 55.2 Å². The van der Waals surface area contributed by atoms with Crippen LogP contribution in [-0.2, 0) is 0 Å². The Balaban J connectivity index is 3.99. The Hall–Kier alpha value is -0.490. The summed E-state index contributed by atoms with van der Waals surface area (Å²) >= 11 is 5.61. The lowest BCUT2D eigenvalue weighted by Crippen LogP contribution is -1.68. The largest absolute Gasteiger partial charge is 0.0990 e. The Morgan fingerprint density at radius 1 is 1.62 bits per heavy atom. The Kier molecular flexibility index (Phi) is 3.29. The van der Waals surface area contributed by atoms with Crippen LogP contribution in [0.5, 0.6) is 0 Å². The van der Waals surface area contributed by atoms with Crippen molar-refractivity contribution in [3.63, 3.8) is 0 Å². The minimum absolute atomic E-state index is 0.667. The van der Waals surface area contributed by atoms with Crippen molar-refractivity contribution in [1.29, 1.82) is 0 Å². The molecule has 0 nitrogen and oxygen atoms in total. The molecule has 0 heterocycles. The van der Waals surface area contributed by atoms with Crippen molar-refractivity contribution < 1.29 is 0 Å². The molecule has 8 heavy (non-hydrogen) atoms. The first-order chi connectivity index (χ1) is 3.68. The van der Waals surface area contributed by atoms with Gasteiger partial charge in [-0.25, -0.2) is 0 Å². The monoisotopic (exact) mass is 128 g/mol. The highest BCUT2D eigenvalue weighted by Crippen LogP contribution is 2.10. The van der Waals surface area contributed by atoms with Gasteiger partial charge < -0.3 is 0 Å². The van der Waals surface area contributed by atoms with Gasteiger partial charge in [0.05, 0.1) is 0 Å². The van der Waals surface area contributed by atoms with Gasteiger partial charge in [-0.15, -0.1) is 0 Å². The van der Waals surface area contributed by atoms with Crippen LogP contribution in [0.15, 0.2) is 35.9 Å². The van der Waals surface area contributed by atoms with E-state index in [1.807, 2.05) is 6.92 Å². The highest BCUT2D eigenvalue weighted by atomic mass is 35.5. The van der Waals surface area contributed by atoms with E-state index in [0.717, 1.165) is 5.57 Å². The van der Waals surface area contributed by atoms with Crippen molar-refractivity contribution in [2.45, 2.75) is 6.92 Å². The first-order valence-corrected chi connectivity index (χ1v) is 2.70. The van der Waals surface area contributed by atoms with Crippen molar-refractivity contribution in [2.75, 3.05) is 0 Å². The van der Waals surface area contributed by atoms with Gasteiger partial charge in [0.25, 0.3) is 0 Å². The van der Waals surface area contributed by atoms with Crippen LogP contribution in [0.2, 0.25) is 0 Å². The van der Waals surface area contributed by atoms with Crippen LogP contribution in [0.3, 0.4) is 0 Å². The van der Waals surface area contributed by atoms with Crippen LogP contribution >= 0.6 is 11.6 Å². The molecule has 44 valence electrons. The fourth-order valence-corrected chi connectivity index (χ4v) is 0.335. The van der Waals surface area contributed by atoms with Crippen LogP contribution < -0.4 is 0 Å². The second-order valence-electron chi connectivity index (χ2n) is 1.53. The topological polar surface area (TPSA) is 0 Å². The maximum Gasteiger partial charge on any atom is 0.0429 e. The molecule has 0 saturated carbocycles. The molecule has 0 bridgehead atoms. The standard InChI is InChI=1S/C7H9Cl/c1-4-5-7(8)6(2)3/h4-5H,1-2H2,3H3/b7-5+. The van der Waals surface area contributed by atoms with E-state index in [0.29, 0.717) is 5.03 Å². The smallest absolute Gasteiger partial charge is 0.0429 e. The summed E-state index contributed by atoms with van der Waals surface area (Å²) in [6.45, 7) is 8.96. The van der Waals surface area contributed by atoms with E-state index in [-0.39, 0.29) is 0 Å². The van der Waals surface area contributed by atoms with Gasteiger partial charge >= 0.3 is 0 Å². The molecule has 0 aromatic heterocycles. The van der Waals surface area contributed by atoms with Crippen molar-refractivity contribution in [3.8, 4) is 0 Å². The fourth-order valence-electron chi connectivity index (χ4n) is 0.246. The molecule has 0 aliphatic rings. The Morgan fingerprint density at radius 2 is 2.12 bits per heavy atom. The maximum absolute atomic E-state index is 5.61. The molecule has 0 atom stereocenters. The summed E-state index contributed by atoms with van der Waals surface area (Å²) < 4.78 is 0. The highest BCUT2D eigenvalue weighted by molar-refractivity contribution is 6.31. The summed E-state index contributed by atoms with van der Waals surface area (Å²) in [5.74, 6) is 0. The molecule has 0 aromatic carbocycles. The normalized spacial score (nSPS) is 11.0. The lowest BCUT2D eigenvalue weighted by molar-refractivity contribution is 1.53. The van der Waals surface area contributed by atoms with E-state index in [1.165, 1.54) is 0 Å². The second kappa shape index (κ2) is 3.50.